The van der Waals surface area contributed by atoms with Gasteiger partial charge < -0.3 is 4.90 Å². The lowest BCUT2D eigenvalue weighted by Gasteiger charge is -2.27. The summed E-state index contributed by atoms with van der Waals surface area (Å²) in [4.78, 5) is 15.1. The van der Waals surface area contributed by atoms with E-state index in [1.54, 1.807) is 48.5 Å². The maximum atomic E-state index is 12.9. The van der Waals surface area contributed by atoms with Crippen LogP contribution in [0.1, 0.15) is 29.8 Å². The second-order valence-corrected chi connectivity index (χ2v) is 7.98. The van der Waals surface area contributed by atoms with Crippen LogP contribution in [0.3, 0.4) is 0 Å². The van der Waals surface area contributed by atoms with Gasteiger partial charge in [-0.05, 0) is 25.2 Å². The zero-order chi connectivity index (χ0) is 19.2. The largest absolute Gasteiger partial charge is 0.302 e. The maximum Gasteiger partial charge on any atom is 0.232 e. The van der Waals surface area contributed by atoms with Crippen LogP contribution in [0.5, 0.6) is 0 Å². The van der Waals surface area contributed by atoms with Crippen LogP contribution in [0, 0.1) is 0 Å². The van der Waals surface area contributed by atoms with Crippen molar-refractivity contribution in [2.45, 2.75) is 13.8 Å². The second kappa shape index (κ2) is 8.96. The monoisotopic (exact) mass is 374 g/mol. The minimum absolute atomic E-state index is 0.183. The zero-order valence-electron chi connectivity index (χ0n) is 15.6. The first-order chi connectivity index (χ1) is 12.4. The number of carbonyl (C=O) groups is 1. The molecule has 140 valence electrons. The van der Waals surface area contributed by atoms with Crippen molar-refractivity contribution in [1.29, 1.82) is 0 Å². The summed E-state index contributed by atoms with van der Waals surface area (Å²) >= 11 is 0. The third-order valence-electron chi connectivity index (χ3n) is 4.37. The average Bonchev–Trinajstić information content (AvgIpc) is 2.64. The minimum atomic E-state index is -3.51. The molecular formula is C20H26N2O3S. The van der Waals surface area contributed by atoms with Crippen molar-refractivity contribution in [2.24, 2.45) is 0 Å². The molecule has 2 aromatic rings. The fourth-order valence-electron chi connectivity index (χ4n) is 2.87. The molecule has 0 fully saturated rings. The van der Waals surface area contributed by atoms with Crippen LogP contribution in [0.25, 0.3) is 0 Å². The fraction of sp³-hybridized carbons (Fsp3) is 0.350. The number of nitrogens with zero attached hydrogens (tertiary/aromatic N) is 2. The van der Waals surface area contributed by atoms with Crippen molar-refractivity contribution in [2.75, 3.05) is 36.7 Å². The summed E-state index contributed by atoms with van der Waals surface area (Å²) in [6.45, 7) is 6.69. The molecule has 0 atom stereocenters. The number of hydrogen-bond donors (Lipinski definition) is 0. The molecule has 26 heavy (non-hydrogen) atoms. The van der Waals surface area contributed by atoms with Crippen LogP contribution >= 0.6 is 0 Å². The Morgan fingerprint density at radius 3 is 2.04 bits per heavy atom. The Balaban J connectivity index is 2.42. The third kappa shape index (κ3) is 4.93. The van der Waals surface area contributed by atoms with Gasteiger partial charge in [0.25, 0.3) is 0 Å². The molecule has 0 aromatic heterocycles. The number of benzene rings is 2. The van der Waals surface area contributed by atoms with Crippen LogP contribution in [-0.2, 0) is 10.0 Å². The van der Waals surface area contributed by atoms with E-state index in [2.05, 4.69) is 4.90 Å². The van der Waals surface area contributed by atoms with Crippen LogP contribution in [0.2, 0.25) is 0 Å². The van der Waals surface area contributed by atoms with Gasteiger partial charge in [-0.3, -0.25) is 9.10 Å². The van der Waals surface area contributed by atoms with Crippen molar-refractivity contribution in [1.82, 2.24) is 4.90 Å². The maximum absolute atomic E-state index is 12.9. The molecule has 0 heterocycles. The van der Waals surface area contributed by atoms with E-state index >= 15 is 0 Å². The highest BCUT2D eigenvalue weighted by Crippen LogP contribution is 2.25. The topological polar surface area (TPSA) is 57.7 Å². The summed E-state index contributed by atoms with van der Waals surface area (Å²) < 4.78 is 26.2. The summed E-state index contributed by atoms with van der Waals surface area (Å²) in [7, 11) is -3.51. The van der Waals surface area contributed by atoms with Gasteiger partial charge in [-0.25, -0.2) is 8.42 Å². The lowest BCUT2D eigenvalue weighted by atomic mass is 10.0. The molecule has 0 saturated carbocycles. The Kier molecular flexibility index (Phi) is 6.94. The van der Waals surface area contributed by atoms with E-state index in [0.717, 1.165) is 13.1 Å². The first-order valence-corrected chi connectivity index (χ1v) is 10.6. The molecule has 0 radical (unpaired) electrons. The average molecular weight is 375 g/mol. The Morgan fingerprint density at radius 1 is 0.885 bits per heavy atom. The number of likely N-dealkylation sites (N-methyl/N-ethyl adjacent to an activating group) is 1. The third-order valence-corrected chi connectivity index (χ3v) is 5.55. The molecule has 0 amide bonds. The molecule has 0 aliphatic heterocycles. The number of hydrogen-bond acceptors (Lipinski definition) is 4. The quantitative estimate of drug-likeness (QED) is 0.633. The zero-order valence-corrected chi connectivity index (χ0v) is 16.4. The van der Waals surface area contributed by atoms with Crippen molar-refractivity contribution in [3.63, 3.8) is 0 Å². The predicted molar refractivity (Wildman–Crippen MR) is 106 cm³/mol. The fourth-order valence-corrected chi connectivity index (χ4v) is 3.79. The predicted octanol–water partition coefficient (Wildman–Crippen LogP) is 3.03. The van der Waals surface area contributed by atoms with E-state index in [1.807, 2.05) is 19.9 Å². The molecule has 0 aliphatic carbocycles. The van der Waals surface area contributed by atoms with Crippen LogP contribution in [-0.4, -0.2) is 51.5 Å². The van der Waals surface area contributed by atoms with E-state index in [-0.39, 0.29) is 5.78 Å². The second-order valence-electron chi connectivity index (χ2n) is 6.07. The van der Waals surface area contributed by atoms with Gasteiger partial charge in [-0.15, -0.1) is 0 Å². The van der Waals surface area contributed by atoms with Gasteiger partial charge in [0, 0.05) is 24.2 Å². The van der Waals surface area contributed by atoms with Gasteiger partial charge in [0.15, 0.2) is 5.78 Å². The molecule has 6 heteroatoms. The molecule has 0 spiro atoms. The van der Waals surface area contributed by atoms with Crippen molar-refractivity contribution in [3.8, 4) is 0 Å². The van der Waals surface area contributed by atoms with Crippen LogP contribution < -0.4 is 4.31 Å². The SMILES string of the molecule is CCN(CC)CCN(c1ccccc1C(=O)c1ccccc1)S(C)(=O)=O. The van der Waals surface area contributed by atoms with Gasteiger partial charge in [-0.1, -0.05) is 56.3 Å². The lowest BCUT2D eigenvalue weighted by Crippen LogP contribution is -2.39. The minimum Gasteiger partial charge on any atom is -0.302 e. The van der Waals surface area contributed by atoms with Gasteiger partial charge in [-0.2, -0.15) is 0 Å². The van der Waals surface area contributed by atoms with Crippen molar-refractivity contribution >= 4 is 21.5 Å². The van der Waals surface area contributed by atoms with E-state index in [9.17, 15) is 13.2 Å². The van der Waals surface area contributed by atoms with Crippen LogP contribution in [0.4, 0.5) is 5.69 Å². The molecule has 0 unspecified atom stereocenters. The molecule has 2 rings (SSSR count). The van der Waals surface area contributed by atoms with Crippen molar-refractivity contribution in [3.05, 3.63) is 65.7 Å². The van der Waals surface area contributed by atoms with Gasteiger partial charge in [0.1, 0.15) is 0 Å². The van der Waals surface area contributed by atoms with E-state index in [4.69, 9.17) is 0 Å². The highest BCUT2D eigenvalue weighted by molar-refractivity contribution is 7.92. The molecule has 0 aliphatic rings. The molecule has 5 nitrogen and oxygen atoms in total. The van der Waals surface area contributed by atoms with Gasteiger partial charge in [0.05, 0.1) is 11.9 Å². The van der Waals surface area contributed by atoms with Gasteiger partial charge in [0.2, 0.25) is 10.0 Å². The summed E-state index contributed by atoms with van der Waals surface area (Å²) in [5, 5.41) is 0. The summed E-state index contributed by atoms with van der Waals surface area (Å²) in [6.07, 6.45) is 1.18. The number of ketones is 1. The molecule has 0 N–H and O–H groups in total. The van der Waals surface area contributed by atoms with E-state index in [1.165, 1.54) is 10.6 Å². The Hall–Kier alpha value is -2.18. The van der Waals surface area contributed by atoms with Crippen LogP contribution in [0.15, 0.2) is 54.6 Å². The summed E-state index contributed by atoms with van der Waals surface area (Å²) in [5.41, 5.74) is 1.36. The van der Waals surface area contributed by atoms with E-state index < -0.39 is 10.0 Å². The van der Waals surface area contributed by atoms with Crippen molar-refractivity contribution < 1.29 is 13.2 Å². The summed E-state index contributed by atoms with van der Waals surface area (Å²) in [6, 6.07) is 15.8. The highest BCUT2D eigenvalue weighted by Gasteiger charge is 2.23. The number of carbonyl (C=O) groups excluding carboxylic acids is 1. The van der Waals surface area contributed by atoms with E-state index in [0.29, 0.717) is 29.9 Å². The molecule has 0 saturated heterocycles. The Bertz CT molecular complexity index is 831. The number of rotatable bonds is 9. The smallest absolute Gasteiger partial charge is 0.232 e. The Labute approximate surface area is 156 Å². The summed E-state index contributed by atoms with van der Waals surface area (Å²) in [5.74, 6) is -0.183. The molecule has 2 aromatic carbocycles. The number of sulfonamides is 1. The molecule has 0 bridgehead atoms. The normalized spacial score (nSPS) is 11.5. The number of anilines is 1. The van der Waals surface area contributed by atoms with Gasteiger partial charge >= 0.3 is 0 Å². The Morgan fingerprint density at radius 2 is 1.46 bits per heavy atom. The first-order valence-electron chi connectivity index (χ1n) is 8.77. The highest BCUT2D eigenvalue weighted by atomic mass is 32.2. The number of para-hydroxylation sites is 1. The standard InChI is InChI=1S/C20H26N2O3S/c1-4-21(5-2)15-16-22(26(3,24)25)19-14-10-9-13-18(19)20(23)17-11-7-6-8-12-17/h6-14H,4-5,15-16H2,1-3H3. The first kappa shape index (κ1) is 20.1. The lowest BCUT2D eigenvalue weighted by molar-refractivity contribution is 0.103. The molecular weight excluding hydrogens is 348 g/mol.